The molecule has 6 nitrogen and oxygen atoms in total. The van der Waals surface area contributed by atoms with Gasteiger partial charge in [-0.3, -0.25) is 4.79 Å². The van der Waals surface area contributed by atoms with Crippen molar-refractivity contribution in [2.24, 2.45) is 0 Å². The number of hydrogen-bond donors (Lipinski definition) is 4. The molecule has 1 amide bonds. The number of carbonyl (C=O) groups is 2. The Balaban J connectivity index is 2.61. The van der Waals surface area contributed by atoms with Gasteiger partial charge in [-0.2, -0.15) is 0 Å². The second kappa shape index (κ2) is 6.38. The van der Waals surface area contributed by atoms with E-state index in [1.54, 1.807) is 38.1 Å². The Bertz CT molecular complexity index is 482. The van der Waals surface area contributed by atoms with Gasteiger partial charge >= 0.3 is 5.97 Å². The Morgan fingerprint density at radius 3 is 2.35 bits per heavy atom. The molecule has 6 heteroatoms. The molecule has 0 bridgehead atoms. The van der Waals surface area contributed by atoms with Crippen molar-refractivity contribution < 1.29 is 19.8 Å². The summed E-state index contributed by atoms with van der Waals surface area (Å²) >= 11 is 0. The number of anilines is 1. The van der Waals surface area contributed by atoms with Crippen LogP contribution in [0.3, 0.4) is 0 Å². The van der Waals surface area contributed by atoms with Crippen LogP contribution in [0.5, 0.6) is 0 Å². The van der Waals surface area contributed by atoms with Crippen LogP contribution in [0.15, 0.2) is 24.3 Å². The number of hydrogen-bond acceptors (Lipinski definition) is 4. The smallest absolute Gasteiger partial charge is 0.332 e. The largest absolute Gasteiger partial charge is 0.479 e. The Morgan fingerprint density at radius 2 is 1.85 bits per heavy atom. The molecule has 0 aliphatic carbocycles. The van der Waals surface area contributed by atoms with Crippen LogP contribution in [0.1, 0.15) is 25.8 Å². The lowest BCUT2D eigenvalue weighted by molar-refractivity contribution is -0.147. The number of benzene rings is 1. The van der Waals surface area contributed by atoms with E-state index in [2.05, 4.69) is 5.32 Å². The second-order valence-corrected chi connectivity index (χ2v) is 5.15. The van der Waals surface area contributed by atoms with Gasteiger partial charge in [-0.25, -0.2) is 4.79 Å². The zero-order valence-electron chi connectivity index (χ0n) is 11.6. The molecule has 5 N–H and O–H groups in total. The van der Waals surface area contributed by atoms with Gasteiger partial charge in [0.1, 0.15) is 0 Å². The van der Waals surface area contributed by atoms with Crippen molar-refractivity contribution in [2.75, 3.05) is 12.3 Å². The van der Waals surface area contributed by atoms with Crippen LogP contribution in [0.2, 0.25) is 0 Å². The standard InChI is InChI=1S/C14H20N2O4/c1-14(2,9-3-5-10(15)6-4-9)13(20)16-8-7-11(17)12(18)19/h3-6,11,17H,7-8,15H2,1-2H3,(H,16,20)(H,18,19). The van der Waals surface area contributed by atoms with E-state index in [1.165, 1.54) is 0 Å². The molecule has 1 aromatic carbocycles. The average molecular weight is 280 g/mol. The van der Waals surface area contributed by atoms with Gasteiger partial charge in [0.25, 0.3) is 0 Å². The monoisotopic (exact) mass is 280 g/mol. The predicted molar refractivity (Wildman–Crippen MR) is 75.1 cm³/mol. The van der Waals surface area contributed by atoms with Crippen molar-refractivity contribution in [1.82, 2.24) is 5.32 Å². The number of aliphatic hydroxyl groups excluding tert-OH is 1. The Hall–Kier alpha value is -2.08. The second-order valence-electron chi connectivity index (χ2n) is 5.15. The minimum Gasteiger partial charge on any atom is -0.479 e. The van der Waals surface area contributed by atoms with Crippen molar-refractivity contribution in [3.63, 3.8) is 0 Å². The number of carboxylic acid groups (broad SMARTS) is 1. The van der Waals surface area contributed by atoms with Crippen molar-refractivity contribution >= 4 is 17.6 Å². The first-order valence-electron chi connectivity index (χ1n) is 6.30. The Kier molecular flexibility index (Phi) is 5.10. The first-order valence-corrected chi connectivity index (χ1v) is 6.30. The molecule has 0 saturated heterocycles. The fourth-order valence-electron chi connectivity index (χ4n) is 1.70. The van der Waals surface area contributed by atoms with Crippen molar-refractivity contribution in [3.8, 4) is 0 Å². The number of rotatable bonds is 6. The number of nitrogen functional groups attached to an aromatic ring is 1. The van der Waals surface area contributed by atoms with Crippen LogP contribution in [0.25, 0.3) is 0 Å². The maximum absolute atomic E-state index is 12.1. The molecule has 0 saturated carbocycles. The summed E-state index contributed by atoms with van der Waals surface area (Å²) in [4.78, 5) is 22.6. The molecular formula is C14H20N2O4. The lowest BCUT2D eigenvalue weighted by Gasteiger charge is -2.24. The average Bonchev–Trinajstić information content (AvgIpc) is 2.38. The molecule has 0 spiro atoms. The first kappa shape index (κ1) is 16.0. The maximum Gasteiger partial charge on any atom is 0.332 e. The summed E-state index contributed by atoms with van der Waals surface area (Å²) in [6.45, 7) is 3.63. The number of nitrogens with one attached hydrogen (secondary N) is 1. The highest BCUT2D eigenvalue weighted by molar-refractivity contribution is 5.87. The van der Waals surface area contributed by atoms with Crippen molar-refractivity contribution in [1.29, 1.82) is 0 Å². The molecule has 1 atom stereocenters. The molecule has 110 valence electrons. The summed E-state index contributed by atoms with van der Waals surface area (Å²) < 4.78 is 0. The van der Waals surface area contributed by atoms with Gasteiger partial charge in [-0.05, 0) is 31.5 Å². The zero-order valence-corrected chi connectivity index (χ0v) is 11.6. The Morgan fingerprint density at radius 1 is 1.30 bits per heavy atom. The fourth-order valence-corrected chi connectivity index (χ4v) is 1.70. The van der Waals surface area contributed by atoms with Crippen LogP contribution in [-0.2, 0) is 15.0 Å². The van der Waals surface area contributed by atoms with Crippen LogP contribution in [-0.4, -0.2) is 34.7 Å². The summed E-state index contributed by atoms with van der Waals surface area (Å²) in [5.41, 5.74) is 6.27. The summed E-state index contributed by atoms with van der Waals surface area (Å²) in [5.74, 6) is -1.53. The number of carboxylic acids is 1. The number of carbonyl (C=O) groups excluding carboxylic acids is 1. The van der Waals surface area contributed by atoms with E-state index < -0.39 is 17.5 Å². The molecule has 1 unspecified atom stereocenters. The van der Waals surface area contributed by atoms with Gasteiger partial charge in [0.2, 0.25) is 5.91 Å². The van der Waals surface area contributed by atoms with E-state index in [-0.39, 0.29) is 18.9 Å². The summed E-state index contributed by atoms with van der Waals surface area (Å²) in [6.07, 6.45) is -1.49. The quantitative estimate of drug-likeness (QED) is 0.567. The van der Waals surface area contributed by atoms with Crippen LogP contribution >= 0.6 is 0 Å². The van der Waals surface area contributed by atoms with Gasteiger partial charge in [-0.1, -0.05) is 12.1 Å². The van der Waals surface area contributed by atoms with Gasteiger partial charge in [0.05, 0.1) is 5.41 Å². The lowest BCUT2D eigenvalue weighted by atomic mass is 9.83. The maximum atomic E-state index is 12.1. The number of aliphatic hydroxyl groups is 1. The molecule has 0 radical (unpaired) electrons. The zero-order chi connectivity index (χ0) is 15.3. The van der Waals surface area contributed by atoms with E-state index >= 15 is 0 Å². The third kappa shape index (κ3) is 3.96. The van der Waals surface area contributed by atoms with E-state index in [1.807, 2.05) is 0 Å². The highest BCUT2D eigenvalue weighted by Gasteiger charge is 2.29. The van der Waals surface area contributed by atoms with Crippen molar-refractivity contribution in [2.45, 2.75) is 31.8 Å². The molecule has 0 aromatic heterocycles. The van der Waals surface area contributed by atoms with Crippen molar-refractivity contribution in [3.05, 3.63) is 29.8 Å². The lowest BCUT2D eigenvalue weighted by Crippen LogP contribution is -2.41. The normalized spacial score (nSPS) is 12.8. The third-order valence-corrected chi connectivity index (χ3v) is 3.19. The Labute approximate surface area is 117 Å². The summed E-state index contributed by atoms with van der Waals surface area (Å²) in [5, 5.41) is 20.3. The van der Waals surface area contributed by atoms with E-state index in [0.717, 1.165) is 5.56 Å². The molecular weight excluding hydrogens is 260 g/mol. The highest BCUT2D eigenvalue weighted by atomic mass is 16.4. The molecule has 0 heterocycles. The number of amides is 1. The summed E-state index contributed by atoms with van der Waals surface area (Å²) in [7, 11) is 0. The first-order chi connectivity index (χ1) is 9.25. The van der Waals surface area contributed by atoms with Gasteiger partial charge in [0.15, 0.2) is 6.10 Å². The predicted octanol–water partition coefficient (Wildman–Crippen LogP) is 0.498. The van der Waals surface area contributed by atoms with E-state index in [9.17, 15) is 9.59 Å². The van der Waals surface area contributed by atoms with Crippen LogP contribution in [0, 0.1) is 0 Å². The molecule has 1 aromatic rings. The minimum atomic E-state index is -1.46. The van der Waals surface area contributed by atoms with E-state index in [0.29, 0.717) is 5.69 Å². The molecule has 0 aliphatic rings. The highest BCUT2D eigenvalue weighted by Crippen LogP contribution is 2.24. The third-order valence-electron chi connectivity index (χ3n) is 3.19. The van der Waals surface area contributed by atoms with Crippen LogP contribution in [0.4, 0.5) is 5.69 Å². The minimum absolute atomic E-state index is 0.0289. The molecule has 0 aliphatic heterocycles. The van der Waals surface area contributed by atoms with Gasteiger partial charge in [0, 0.05) is 18.7 Å². The molecule has 1 rings (SSSR count). The van der Waals surface area contributed by atoms with E-state index in [4.69, 9.17) is 15.9 Å². The van der Waals surface area contributed by atoms with Gasteiger partial charge in [-0.15, -0.1) is 0 Å². The topological polar surface area (TPSA) is 113 Å². The molecule has 0 fully saturated rings. The van der Waals surface area contributed by atoms with Crippen LogP contribution < -0.4 is 11.1 Å². The SMILES string of the molecule is CC(C)(C(=O)NCCC(O)C(=O)O)c1ccc(N)cc1. The fraction of sp³-hybridized carbons (Fsp3) is 0.429. The van der Waals surface area contributed by atoms with Gasteiger partial charge < -0.3 is 21.3 Å². The summed E-state index contributed by atoms with van der Waals surface area (Å²) in [6, 6.07) is 7.00. The number of aliphatic carboxylic acids is 1. The molecule has 20 heavy (non-hydrogen) atoms. The number of nitrogens with two attached hydrogens (primary N) is 1.